The number of aromatic nitrogens is 1. The summed E-state index contributed by atoms with van der Waals surface area (Å²) >= 11 is 0. The molecule has 2 aliphatic carbocycles. The van der Waals surface area contributed by atoms with Crippen LogP contribution in [0.3, 0.4) is 0 Å². The zero-order chi connectivity index (χ0) is 49.5. The Kier molecular flexibility index (Phi) is 9.83. The smallest absolute Gasteiger partial charge is 0.0725 e. The van der Waals surface area contributed by atoms with Gasteiger partial charge in [-0.2, -0.15) is 0 Å². The Balaban J connectivity index is 0.790. The highest BCUT2D eigenvalue weighted by Crippen LogP contribution is 2.64. The van der Waals surface area contributed by atoms with Crippen LogP contribution in [0.5, 0.6) is 0 Å². The van der Waals surface area contributed by atoms with Gasteiger partial charge in [-0.3, -0.25) is 0 Å². The predicted molar refractivity (Wildman–Crippen MR) is 314 cm³/mol. The summed E-state index contributed by atoms with van der Waals surface area (Å²) in [5.41, 5.74) is 26.7. The number of nitrogens with zero attached hydrogens (tertiary/aromatic N) is 2. The number of rotatable bonds is 8. The van der Waals surface area contributed by atoms with Crippen LogP contribution in [0, 0.1) is 0 Å². The summed E-state index contributed by atoms with van der Waals surface area (Å²) in [4.78, 5) is 2.38. The zero-order valence-corrected chi connectivity index (χ0v) is 41.1. The summed E-state index contributed by atoms with van der Waals surface area (Å²) in [6.07, 6.45) is 0. The van der Waals surface area contributed by atoms with Crippen LogP contribution in [0.2, 0.25) is 0 Å². The molecular formula is C73H48N2. The summed E-state index contributed by atoms with van der Waals surface area (Å²) in [5, 5.41) is 2.53. The minimum absolute atomic E-state index is 0.383. The maximum absolute atomic E-state index is 2.41. The molecule has 0 amide bonds. The Morgan fingerprint density at radius 3 is 1.16 bits per heavy atom. The minimum Gasteiger partial charge on any atom is -0.311 e. The molecule has 2 heteroatoms. The van der Waals surface area contributed by atoms with Gasteiger partial charge in [-0.15, -0.1) is 0 Å². The first-order chi connectivity index (χ1) is 37.2. The van der Waals surface area contributed by atoms with Crippen molar-refractivity contribution in [2.75, 3.05) is 4.90 Å². The van der Waals surface area contributed by atoms with E-state index in [1.165, 1.54) is 117 Å². The molecular weight excluding hydrogens is 905 g/mol. The second-order valence-corrected chi connectivity index (χ2v) is 19.9. The van der Waals surface area contributed by atoms with Crippen LogP contribution in [0.25, 0.3) is 94.3 Å². The maximum Gasteiger partial charge on any atom is 0.0725 e. The van der Waals surface area contributed by atoms with E-state index < -0.39 is 0 Å². The first kappa shape index (κ1) is 42.9. The molecule has 1 aromatic heterocycles. The molecule has 15 rings (SSSR count). The monoisotopic (exact) mass is 952 g/mol. The van der Waals surface area contributed by atoms with Crippen molar-refractivity contribution in [2.24, 2.45) is 0 Å². The van der Waals surface area contributed by atoms with Crippen molar-refractivity contribution < 1.29 is 0 Å². The van der Waals surface area contributed by atoms with E-state index in [0.29, 0.717) is 0 Å². The predicted octanol–water partition coefficient (Wildman–Crippen LogP) is 19.3. The topological polar surface area (TPSA) is 8.17 Å². The SMILES string of the molecule is c1ccc(-c2ccc(N(c3ccc(-c4ccc(-c5ccccc5-n5c6ccccc6c6ccccc65)cc4)cc3)c3ccc(-c4cccc5c4-c4ccccc4C54c5ccccc5-c5ccccc54)cc3)cc2)cc1. The lowest BCUT2D eigenvalue weighted by Gasteiger charge is -2.30. The van der Waals surface area contributed by atoms with Gasteiger partial charge in [0.2, 0.25) is 0 Å². The van der Waals surface area contributed by atoms with Crippen molar-refractivity contribution in [1.29, 1.82) is 0 Å². The highest BCUT2D eigenvalue weighted by Gasteiger charge is 2.52. The number of benzene rings is 12. The highest BCUT2D eigenvalue weighted by atomic mass is 15.1. The van der Waals surface area contributed by atoms with Crippen molar-refractivity contribution in [1.82, 2.24) is 4.57 Å². The van der Waals surface area contributed by atoms with Crippen LogP contribution in [0.15, 0.2) is 291 Å². The standard InChI is InChI=1S/C73H48N2/c1-2-17-49(18-3-1)51-37-43-55(44-38-51)74(56-45-39-52(40-46-56)50-33-35-53(36-34-50)58-19-7-13-30-69(58)75-70-31-14-8-22-62(70)63-23-9-15-32-71(63)75)57-47-41-54(42-48-57)59-25-16-29-68-72(59)64-24-6-12-28-67(64)73(68)65-26-10-4-20-60(65)61-21-5-11-27-66(61)73/h1-48H. The molecule has 12 aromatic carbocycles. The molecule has 0 fully saturated rings. The van der Waals surface area contributed by atoms with Crippen molar-refractivity contribution in [2.45, 2.75) is 5.41 Å². The summed E-state index contributed by atoms with van der Waals surface area (Å²) in [6, 6.07) is 107. The third kappa shape index (κ3) is 6.60. The fourth-order valence-corrected chi connectivity index (χ4v) is 12.8. The average Bonchev–Trinajstić information content (AvgIpc) is 4.14. The molecule has 0 saturated carbocycles. The van der Waals surface area contributed by atoms with Crippen molar-refractivity contribution in [3.8, 4) is 72.4 Å². The van der Waals surface area contributed by atoms with Gasteiger partial charge in [0.1, 0.15) is 0 Å². The van der Waals surface area contributed by atoms with Crippen molar-refractivity contribution in [3.05, 3.63) is 313 Å². The van der Waals surface area contributed by atoms with E-state index in [1.54, 1.807) is 0 Å². The molecule has 13 aromatic rings. The summed E-state index contributed by atoms with van der Waals surface area (Å²) in [6.45, 7) is 0. The van der Waals surface area contributed by atoms with Crippen LogP contribution in [0.1, 0.15) is 22.3 Å². The van der Waals surface area contributed by atoms with E-state index in [2.05, 4.69) is 301 Å². The molecule has 0 bridgehead atoms. The number of hydrogen-bond donors (Lipinski definition) is 0. The highest BCUT2D eigenvalue weighted by molar-refractivity contribution is 6.10. The van der Waals surface area contributed by atoms with Gasteiger partial charge in [-0.25, -0.2) is 0 Å². The lowest BCUT2D eigenvalue weighted by molar-refractivity contribution is 0.794. The molecule has 0 radical (unpaired) electrons. The maximum atomic E-state index is 2.41. The average molecular weight is 953 g/mol. The van der Waals surface area contributed by atoms with Gasteiger partial charge in [0.15, 0.2) is 0 Å². The Morgan fingerprint density at radius 1 is 0.240 bits per heavy atom. The van der Waals surface area contributed by atoms with E-state index in [0.717, 1.165) is 17.1 Å². The Hall–Kier alpha value is -9.76. The fourth-order valence-electron chi connectivity index (χ4n) is 12.8. The van der Waals surface area contributed by atoms with Gasteiger partial charge in [-0.1, -0.05) is 237 Å². The van der Waals surface area contributed by atoms with Crippen molar-refractivity contribution in [3.63, 3.8) is 0 Å². The summed E-state index contributed by atoms with van der Waals surface area (Å²) in [5.74, 6) is 0. The largest absolute Gasteiger partial charge is 0.311 e. The third-order valence-electron chi connectivity index (χ3n) is 16.1. The van der Waals surface area contributed by atoms with E-state index >= 15 is 0 Å². The van der Waals surface area contributed by atoms with Gasteiger partial charge in [-0.05, 0) is 138 Å². The minimum atomic E-state index is -0.383. The molecule has 0 saturated heterocycles. The first-order valence-electron chi connectivity index (χ1n) is 26.0. The third-order valence-corrected chi connectivity index (χ3v) is 16.1. The Labute approximate surface area is 437 Å². The molecule has 0 N–H and O–H groups in total. The van der Waals surface area contributed by atoms with Gasteiger partial charge >= 0.3 is 0 Å². The van der Waals surface area contributed by atoms with Crippen LogP contribution in [0.4, 0.5) is 17.1 Å². The van der Waals surface area contributed by atoms with E-state index in [9.17, 15) is 0 Å². The van der Waals surface area contributed by atoms with Gasteiger partial charge in [0.25, 0.3) is 0 Å². The molecule has 2 nitrogen and oxygen atoms in total. The van der Waals surface area contributed by atoms with Crippen LogP contribution >= 0.6 is 0 Å². The lowest BCUT2D eigenvalue weighted by atomic mass is 9.70. The number of fused-ring (bicyclic) bond motifs is 13. The lowest BCUT2D eigenvalue weighted by Crippen LogP contribution is -2.25. The number of hydrogen-bond acceptors (Lipinski definition) is 1. The Morgan fingerprint density at radius 2 is 0.600 bits per heavy atom. The molecule has 75 heavy (non-hydrogen) atoms. The van der Waals surface area contributed by atoms with Gasteiger partial charge in [0.05, 0.1) is 22.1 Å². The van der Waals surface area contributed by atoms with Gasteiger partial charge < -0.3 is 9.47 Å². The molecule has 0 unspecified atom stereocenters. The molecule has 2 aliphatic rings. The Bertz CT molecular complexity index is 4220. The first-order valence-corrected chi connectivity index (χ1v) is 26.0. The second kappa shape index (κ2) is 17.2. The summed E-state index contributed by atoms with van der Waals surface area (Å²) < 4.78 is 2.41. The molecule has 1 spiro atoms. The fraction of sp³-hybridized carbons (Fsp3) is 0.0137. The number of para-hydroxylation sites is 3. The molecule has 350 valence electrons. The van der Waals surface area contributed by atoms with E-state index in [-0.39, 0.29) is 5.41 Å². The van der Waals surface area contributed by atoms with Crippen LogP contribution in [-0.4, -0.2) is 4.57 Å². The van der Waals surface area contributed by atoms with Gasteiger partial charge in [0, 0.05) is 33.4 Å². The number of anilines is 3. The molecule has 1 heterocycles. The van der Waals surface area contributed by atoms with Crippen LogP contribution in [-0.2, 0) is 5.41 Å². The zero-order valence-electron chi connectivity index (χ0n) is 41.1. The van der Waals surface area contributed by atoms with Crippen molar-refractivity contribution >= 4 is 38.9 Å². The normalized spacial score (nSPS) is 12.6. The summed E-state index contributed by atoms with van der Waals surface area (Å²) in [7, 11) is 0. The molecule has 0 aliphatic heterocycles. The second-order valence-electron chi connectivity index (χ2n) is 19.9. The van der Waals surface area contributed by atoms with Crippen LogP contribution < -0.4 is 4.90 Å². The van der Waals surface area contributed by atoms with E-state index in [4.69, 9.17) is 0 Å². The quantitative estimate of drug-likeness (QED) is 0.147. The molecule has 0 atom stereocenters. The van der Waals surface area contributed by atoms with E-state index in [1.807, 2.05) is 0 Å².